The molecule has 0 spiro atoms. The van der Waals surface area contributed by atoms with Gasteiger partial charge in [-0.3, -0.25) is 18.9 Å². The van der Waals surface area contributed by atoms with Crippen molar-refractivity contribution < 1.29 is 27.2 Å². The van der Waals surface area contributed by atoms with E-state index in [4.69, 9.17) is 16.0 Å². The van der Waals surface area contributed by atoms with E-state index in [1.54, 1.807) is 11.6 Å². The lowest BCUT2D eigenvalue weighted by Gasteiger charge is -2.32. The minimum Gasteiger partial charge on any atom is -0.472 e. The van der Waals surface area contributed by atoms with Crippen molar-refractivity contribution in [3.8, 4) is 11.1 Å². The van der Waals surface area contributed by atoms with Crippen molar-refractivity contribution in [2.24, 2.45) is 0 Å². The standard InChI is InChI=1S/C20H13ClF3N5O3S/c21-16-15(18(31)27-3-4-28(14(30)9-27)19-25-2-6-33-19)26-17-13(20(22,23)24)7-12(8-29(16)17)11-1-5-32-10-11/h1-2,5-8,10H,3-4,9H2. The number of thiazole rings is 1. The Morgan fingerprint density at radius 3 is 2.70 bits per heavy atom. The lowest BCUT2D eigenvalue weighted by molar-refractivity contribution is -0.136. The maximum Gasteiger partial charge on any atom is 0.420 e. The number of pyridine rings is 1. The van der Waals surface area contributed by atoms with Gasteiger partial charge in [-0.2, -0.15) is 13.2 Å². The second kappa shape index (κ2) is 7.89. The molecule has 5 heterocycles. The van der Waals surface area contributed by atoms with Crippen LogP contribution in [-0.2, 0) is 11.0 Å². The number of aromatic nitrogens is 3. The number of fused-ring (bicyclic) bond motifs is 1. The minimum absolute atomic E-state index is 0.154. The summed E-state index contributed by atoms with van der Waals surface area (Å²) in [5.41, 5.74) is -1.32. The average molecular weight is 496 g/mol. The summed E-state index contributed by atoms with van der Waals surface area (Å²) >= 11 is 7.62. The zero-order valence-corrected chi connectivity index (χ0v) is 18.1. The summed E-state index contributed by atoms with van der Waals surface area (Å²) in [6, 6.07) is 2.43. The Labute approximate surface area is 192 Å². The molecule has 4 aromatic rings. The van der Waals surface area contributed by atoms with Gasteiger partial charge in [0.05, 0.1) is 18.1 Å². The van der Waals surface area contributed by atoms with Crippen LogP contribution >= 0.6 is 22.9 Å². The lowest BCUT2D eigenvalue weighted by atomic mass is 10.1. The lowest BCUT2D eigenvalue weighted by Crippen LogP contribution is -2.52. The summed E-state index contributed by atoms with van der Waals surface area (Å²) in [4.78, 5) is 36.3. The molecule has 0 radical (unpaired) electrons. The summed E-state index contributed by atoms with van der Waals surface area (Å²) in [6.07, 6.45) is 0.807. The van der Waals surface area contributed by atoms with Crippen LogP contribution in [0, 0.1) is 0 Å². The van der Waals surface area contributed by atoms with Crippen LogP contribution in [0.1, 0.15) is 16.1 Å². The van der Waals surface area contributed by atoms with Crippen molar-refractivity contribution in [1.82, 2.24) is 19.3 Å². The average Bonchev–Trinajstić information content (AvgIpc) is 3.54. The number of anilines is 1. The summed E-state index contributed by atoms with van der Waals surface area (Å²) in [7, 11) is 0. The number of alkyl halides is 3. The van der Waals surface area contributed by atoms with Crippen LogP contribution in [0.5, 0.6) is 0 Å². The molecule has 1 aliphatic rings. The first-order chi connectivity index (χ1) is 15.7. The Hall–Kier alpha value is -3.38. The van der Waals surface area contributed by atoms with E-state index in [-0.39, 0.29) is 42.0 Å². The molecule has 8 nitrogen and oxygen atoms in total. The van der Waals surface area contributed by atoms with Gasteiger partial charge in [-0.05, 0) is 12.1 Å². The van der Waals surface area contributed by atoms with Gasteiger partial charge in [-0.1, -0.05) is 11.6 Å². The van der Waals surface area contributed by atoms with Crippen molar-refractivity contribution >= 4 is 45.5 Å². The minimum atomic E-state index is -4.74. The maximum absolute atomic E-state index is 13.8. The predicted octanol–water partition coefficient (Wildman–Crippen LogP) is 4.21. The van der Waals surface area contributed by atoms with E-state index in [9.17, 15) is 22.8 Å². The van der Waals surface area contributed by atoms with Crippen LogP contribution in [-0.4, -0.2) is 50.7 Å². The zero-order chi connectivity index (χ0) is 23.3. The Morgan fingerprint density at radius 1 is 1.24 bits per heavy atom. The van der Waals surface area contributed by atoms with Crippen LogP contribution in [0.15, 0.2) is 46.8 Å². The molecular formula is C20H13ClF3N5O3S. The third-order valence-corrected chi connectivity index (χ3v) is 6.34. The Balaban J connectivity index is 1.52. The van der Waals surface area contributed by atoms with Gasteiger partial charge >= 0.3 is 6.18 Å². The van der Waals surface area contributed by atoms with Gasteiger partial charge in [0.25, 0.3) is 5.91 Å². The fourth-order valence-electron chi connectivity index (χ4n) is 3.60. The fraction of sp³-hybridized carbons (Fsp3) is 0.200. The third kappa shape index (κ3) is 3.74. The number of hydrogen-bond donors (Lipinski definition) is 0. The first kappa shape index (κ1) is 21.5. The topological polar surface area (TPSA) is 84.0 Å². The number of rotatable bonds is 3. The molecule has 0 saturated carbocycles. The molecule has 0 bridgehead atoms. The summed E-state index contributed by atoms with van der Waals surface area (Å²) in [5, 5.41) is 1.96. The molecule has 2 amide bonds. The van der Waals surface area contributed by atoms with Crippen molar-refractivity contribution in [2.45, 2.75) is 6.18 Å². The molecule has 0 atom stereocenters. The largest absolute Gasteiger partial charge is 0.472 e. The van der Waals surface area contributed by atoms with Crippen LogP contribution in [0.4, 0.5) is 18.3 Å². The number of imidazole rings is 1. The van der Waals surface area contributed by atoms with E-state index < -0.39 is 23.3 Å². The molecule has 0 N–H and O–H groups in total. The summed E-state index contributed by atoms with van der Waals surface area (Å²) < 4.78 is 47.4. The van der Waals surface area contributed by atoms with Gasteiger partial charge in [0.15, 0.2) is 16.5 Å². The first-order valence-electron chi connectivity index (χ1n) is 9.54. The number of hydrogen-bond acceptors (Lipinski definition) is 6. The third-order valence-electron chi connectivity index (χ3n) is 5.18. The molecule has 170 valence electrons. The SMILES string of the molecule is O=C(c1nc2c(C(F)(F)F)cc(-c3ccoc3)cn2c1Cl)N1CCN(c2nccs2)C(=O)C1. The molecule has 0 unspecified atom stereocenters. The van der Waals surface area contributed by atoms with Crippen molar-refractivity contribution in [3.05, 3.63) is 58.8 Å². The number of carbonyl (C=O) groups excluding carboxylic acids is 2. The normalized spacial score (nSPS) is 15.0. The van der Waals surface area contributed by atoms with E-state index in [0.29, 0.717) is 10.7 Å². The van der Waals surface area contributed by atoms with E-state index in [2.05, 4.69) is 9.97 Å². The molecule has 0 aromatic carbocycles. The van der Waals surface area contributed by atoms with Gasteiger partial charge in [0.1, 0.15) is 11.7 Å². The van der Waals surface area contributed by atoms with E-state index >= 15 is 0 Å². The highest BCUT2D eigenvalue weighted by atomic mass is 35.5. The van der Waals surface area contributed by atoms with Crippen LogP contribution < -0.4 is 4.90 Å². The Kier molecular flexibility index (Phi) is 5.13. The Morgan fingerprint density at radius 2 is 2.06 bits per heavy atom. The number of piperazine rings is 1. The van der Waals surface area contributed by atoms with E-state index in [0.717, 1.165) is 10.5 Å². The summed E-state index contributed by atoms with van der Waals surface area (Å²) in [6.45, 7) is 0.0806. The number of halogens is 4. The number of carbonyl (C=O) groups is 2. The van der Waals surface area contributed by atoms with Gasteiger partial charge in [-0.15, -0.1) is 11.3 Å². The van der Waals surface area contributed by atoms with Crippen LogP contribution in [0.2, 0.25) is 5.15 Å². The van der Waals surface area contributed by atoms with Crippen molar-refractivity contribution in [2.75, 3.05) is 24.5 Å². The second-order valence-corrected chi connectivity index (χ2v) is 8.41. The highest BCUT2D eigenvalue weighted by Crippen LogP contribution is 2.37. The van der Waals surface area contributed by atoms with Crippen LogP contribution in [0.3, 0.4) is 0 Å². The highest BCUT2D eigenvalue weighted by Gasteiger charge is 2.37. The van der Waals surface area contributed by atoms with Gasteiger partial charge in [-0.25, -0.2) is 9.97 Å². The molecule has 13 heteroatoms. The monoisotopic (exact) mass is 495 g/mol. The Bertz CT molecular complexity index is 1350. The molecule has 1 aliphatic heterocycles. The van der Waals surface area contributed by atoms with Crippen LogP contribution in [0.25, 0.3) is 16.8 Å². The fourth-order valence-corrected chi connectivity index (χ4v) is 4.53. The van der Waals surface area contributed by atoms with Gasteiger partial charge < -0.3 is 9.32 Å². The van der Waals surface area contributed by atoms with Crippen molar-refractivity contribution in [3.63, 3.8) is 0 Å². The number of amides is 2. The van der Waals surface area contributed by atoms with E-state index in [1.807, 2.05) is 0 Å². The van der Waals surface area contributed by atoms with Gasteiger partial charge in [0.2, 0.25) is 5.91 Å². The highest BCUT2D eigenvalue weighted by molar-refractivity contribution is 7.13. The van der Waals surface area contributed by atoms with Crippen molar-refractivity contribution in [1.29, 1.82) is 0 Å². The molecule has 1 fully saturated rings. The smallest absolute Gasteiger partial charge is 0.420 e. The molecular weight excluding hydrogens is 483 g/mol. The molecule has 1 saturated heterocycles. The summed E-state index contributed by atoms with van der Waals surface area (Å²) in [5.74, 6) is -1.09. The maximum atomic E-state index is 13.8. The first-order valence-corrected chi connectivity index (χ1v) is 10.8. The number of nitrogens with zero attached hydrogens (tertiary/aromatic N) is 5. The van der Waals surface area contributed by atoms with Gasteiger partial charge in [0, 0.05) is 42.0 Å². The molecule has 5 rings (SSSR count). The molecule has 33 heavy (non-hydrogen) atoms. The second-order valence-electron chi connectivity index (χ2n) is 7.18. The van der Waals surface area contributed by atoms with E-state index in [1.165, 1.54) is 45.9 Å². The molecule has 0 aliphatic carbocycles. The predicted molar refractivity (Wildman–Crippen MR) is 113 cm³/mol. The zero-order valence-electron chi connectivity index (χ0n) is 16.5. The number of furan rings is 1. The molecule has 4 aromatic heterocycles. The quantitative estimate of drug-likeness (QED) is 0.425.